The van der Waals surface area contributed by atoms with Crippen LogP contribution in [-0.4, -0.2) is 49.2 Å². The molecule has 0 atom stereocenters. The molecule has 0 saturated carbocycles. The van der Waals surface area contributed by atoms with Crippen molar-refractivity contribution in [2.24, 2.45) is 5.41 Å². The first-order chi connectivity index (χ1) is 11.1. The minimum atomic E-state index is -3.66. The molecule has 0 aliphatic rings. The average Bonchev–Trinajstić information content (AvgIpc) is 2.46. The lowest BCUT2D eigenvalue weighted by Crippen LogP contribution is -2.35. The summed E-state index contributed by atoms with van der Waals surface area (Å²) >= 11 is 0. The van der Waals surface area contributed by atoms with Gasteiger partial charge in [-0.1, -0.05) is 20.8 Å². The summed E-state index contributed by atoms with van der Waals surface area (Å²) in [5.41, 5.74) is -1.34. The van der Waals surface area contributed by atoms with Gasteiger partial charge in [-0.25, -0.2) is 9.59 Å². The highest BCUT2D eigenvalue weighted by atomic mass is 31.2. The number of ether oxygens (including phenoxy) is 2. The monoisotopic (exact) mass is 364 g/mol. The molecule has 0 N–H and O–H groups in total. The molecule has 0 aromatic heterocycles. The molecule has 8 heteroatoms. The summed E-state index contributed by atoms with van der Waals surface area (Å²) in [5.74, 6) is -1.88. The van der Waals surface area contributed by atoms with E-state index in [1.807, 2.05) is 0 Å². The molecular weight excluding hydrogens is 335 g/mol. The molecule has 0 amide bonds. The lowest BCUT2D eigenvalue weighted by molar-refractivity contribution is -0.140. The molecule has 0 aliphatic carbocycles. The predicted molar refractivity (Wildman–Crippen MR) is 92.9 cm³/mol. The Bertz CT molecular complexity index is 487. The molecule has 0 bridgehead atoms. The van der Waals surface area contributed by atoms with Gasteiger partial charge in [-0.2, -0.15) is 0 Å². The summed E-state index contributed by atoms with van der Waals surface area (Å²) in [6, 6.07) is 0. The molecule has 0 spiro atoms. The summed E-state index contributed by atoms with van der Waals surface area (Å²) in [7, 11) is -3.66. The molecule has 0 aliphatic heterocycles. The Hall–Kier alpha value is -1.17. The fourth-order valence-corrected chi connectivity index (χ4v) is 4.90. The Morgan fingerprint density at radius 2 is 1.12 bits per heavy atom. The maximum atomic E-state index is 13.1. The predicted octanol–water partition coefficient (Wildman–Crippen LogP) is 2.78. The van der Waals surface area contributed by atoms with Crippen LogP contribution >= 0.6 is 7.34 Å². The van der Waals surface area contributed by atoms with Gasteiger partial charge in [0.1, 0.15) is 0 Å². The van der Waals surface area contributed by atoms with Crippen molar-refractivity contribution in [3.8, 4) is 0 Å². The van der Waals surface area contributed by atoms with Gasteiger partial charge in [0.25, 0.3) is 0 Å². The van der Waals surface area contributed by atoms with Crippen LogP contribution < -0.4 is 0 Å². The Balaban J connectivity index is 6.77. The van der Waals surface area contributed by atoms with Crippen LogP contribution in [0, 0.1) is 5.41 Å². The molecule has 0 heterocycles. The van der Waals surface area contributed by atoms with Gasteiger partial charge in [0, 0.05) is 5.41 Å². The van der Waals surface area contributed by atoms with E-state index < -0.39 is 35.5 Å². The normalized spacial score (nSPS) is 11.8. The Morgan fingerprint density at radius 1 is 0.750 bits per heavy atom. The third-order valence-corrected chi connectivity index (χ3v) is 6.17. The highest BCUT2D eigenvalue weighted by Gasteiger charge is 2.46. The summed E-state index contributed by atoms with van der Waals surface area (Å²) in [5, 5.41) is -0.477. The minimum Gasteiger partial charge on any atom is -0.462 e. The Kier molecular flexibility index (Phi) is 9.48. The van der Waals surface area contributed by atoms with Crippen LogP contribution in [0.3, 0.4) is 0 Å². The van der Waals surface area contributed by atoms with Crippen LogP contribution in [0.25, 0.3) is 0 Å². The van der Waals surface area contributed by atoms with Gasteiger partial charge >= 0.3 is 11.9 Å². The zero-order valence-corrected chi connectivity index (χ0v) is 16.5. The molecule has 0 fully saturated rings. The van der Waals surface area contributed by atoms with Gasteiger partial charge in [0.05, 0.1) is 26.4 Å². The smallest absolute Gasteiger partial charge is 0.350 e. The van der Waals surface area contributed by atoms with Crippen molar-refractivity contribution in [2.75, 3.05) is 26.4 Å². The molecule has 0 radical (unpaired) electrons. The van der Waals surface area contributed by atoms with Crippen LogP contribution in [-0.2, 0) is 32.9 Å². The van der Waals surface area contributed by atoms with Crippen LogP contribution in [0.15, 0.2) is 0 Å². The number of hydrogen-bond acceptors (Lipinski definition) is 7. The third kappa shape index (κ3) is 5.43. The summed E-state index contributed by atoms with van der Waals surface area (Å²) in [4.78, 5) is 38.0. The number of carbonyl (C=O) groups is 3. The quantitative estimate of drug-likeness (QED) is 0.353. The van der Waals surface area contributed by atoms with Gasteiger partial charge in [-0.15, -0.1) is 0 Å². The van der Waals surface area contributed by atoms with E-state index >= 15 is 0 Å². The lowest BCUT2D eigenvalue weighted by Gasteiger charge is -2.31. The molecule has 7 nitrogen and oxygen atoms in total. The summed E-state index contributed by atoms with van der Waals surface area (Å²) in [6.07, 6.45) is 0. The molecule has 140 valence electrons. The van der Waals surface area contributed by atoms with Crippen molar-refractivity contribution < 1.29 is 32.9 Å². The van der Waals surface area contributed by atoms with E-state index in [1.165, 1.54) is 0 Å². The van der Waals surface area contributed by atoms with E-state index in [0.29, 0.717) is 0 Å². The van der Waals surface area contributed by atoms with Gasteiger partial charge in [-0.05, 0) is 27.7 Å². The van der Waals surface area contributed by atoms with Crippen LogP contribution in [0.2, 0.25) is 0 Å². The van der Waals surface area contributed by atoms with E-state index in [2.05, 4.69) is 0 Å². The van der Waals surface area contributed by atoms with E-state index in [0.717, 1.165) is 0 Å². The summed E-state index contributed by atoms with van der Waals surface area (Å²) in [6.45, 7) is 11.8. The Morgan fingerprint density at radius 3 is 1.38 bits per heavy atom. The van der Waals surface area contributed by atoms with Crippen molar-refractivity contribution in [3.05, 3.63) is 0 Å². The first kappa shape index (κ1) is 22.8. The molecule has 24 heavy (non-hydrogen) atoms. The van der Waals surface area contributed by atoms with Gasteiger partial charge in [0.2, 0.25) is 12.9 Å². The molecule has 0 aromatic rings. The molecular formula is C16H29O7P. The second-order valence-corrected chi connectivity index (χ2v) is 8.20. The number of hydrogen-bond donors (Lipinski definition) is 0. The fourth-order valence-electron chi connectivity index (χ4n) is 1.91. The van der Waals surface area contributed by atoms with E-state index in [-0.39, 0.29) is 26.4 Å². The Labute approximate surface area is 144 Å². The number of esters is 2. The van der Waals surface area contributed by atoms with Crippen LogP contribution in [0.4, 0.5) is 0 Å². The largest absolute Gasteiger partial charge is 0.462 e. The summed E-state index contributed by atoms with van der Waals surface area (Å²) < 4.78 is 21.3. The second kappa shape index (κ2) is 9.97. The highest BCUT2D eigenvalue weighted by molar-refractivity contribution is 7.85. The maximum absolute atomic E-state index is 13.1. The number of rotatable bonds is 9. The SMILES string of the molecule is CCOC(=O)C(C(=O)OCC)=P(OCC)(OCC)C(=O)C(C)(C)C. The van der Waals surface area contributed by atoms with Crippen LogP contribution in [0.5, 0.6) is 0 Å². The zero-order valence-electron chi connectivity index (χ0n) is 15.6. The second-order valence-electron chi connectivity index (χ2n) is 5.73. The molecule has 0 aromatic carbocycles. The van der Waals surface area contributed by atoms with Gasteiger partial charge in [-0.3, -0.25) is 4.79 Å². The van der Waals surface area contributed by atoms with Crippen LogP contribution in [0.1, 0.15) is 48.5 Å². The molecule has 0 rings (SSSR count). The van der Waals surface area contributed by atoms with Crippen molar-refractivity contribution >= 4 is 30.1 Å². The van der Waals surface area contributed by atoms with E-state index in [9.17, 15) is 14.4 Å². The number of carbonyl (C=O) groups excluding carboxylic acids is 3. The van der Waals surface area contributed by atoms with Crippen molar-refractivity contribution in [1.29, 1.82) is 0 Å². The minimum absolute atomic E-state index is 0.0453. The van der Waals surface area contributed by atoms with Crippen molar-refractivity contribution in [2.45, 2.75) is 48.5 Å². The molecule has 0 saturated heterocycles. The first-order valence-corrected chi connectivity index (χ1v) is 9.69. The zero-order chi connectivity index (χ0) is 19.0. The average molecular weight is 364 g/mol. The fraction of sp³-hybridized carbons (Fsp3) is 0.750. The maximum Gasteiger partial charge on any atom is 0.350 e. The first-order valence-electron chi connectivity index (χ1n) is 8.07. The van der Waals surface area contributed by atoms with E-state index in [4.69, 9.17) is 18.5 Å². The highest BCUT2D eigenvalue weighted by Crippen LogP contribution is 2.57. The van der Waals surface area contributed by atoms with Crippen molar-refractivity contribution in [3.63, 3.8) is 0 Å². The third-order valence-electron chi connectivity index (χ3n) is 2.76. The molecule has 0 unspecified atom stereocenters. The van der Waals surface area contributed by atoms with E-state index in [1.54, 1.807) is 48.5 Å². The van der Waals surface area contributed by atoms with Gasteiger partial charge < -0.3 is 18.5 Å². The van der Waals surface area contributed by atoms with Gasteiger partial charge in [0.15, 0.2) is 5.29 Å². The van der Waals surface area contributed by atoms with Crippen molar-refractivity contribution in [1.82, 2.24) is 0 Å². The standard InChI is InChI=1S/C16H29O7P/c1-8-20-13(17)12(14(18)21-9-2)24(22-10-3,23-11-4)15(19)16(5,6)7/h8-11H2,1-7H3. The lowest BCUT2D eigenvalue weighted by atomic mass is 9.99. The topological polar surface area (TPSA) is 88.1 Å².